The third-order valence-electron chi connectivity index (χ3n) is 4.98. The van der Waals surface area contributed by atoms with Gasteiger partial charge in [0, 0.05) is 37.4 Å². The Hall–Kier alpha value is -0.970. The number of benzene rings is 1. The maximum atomic E-state index is 12.6. The Balaban J connectivity index is 0.00000288. The van der Waals surface area contributed by atoms with Gasteiger partial charge in [-0.2, -0.15) is 0 Å². The summed E-state index contributed by atoms with van der Waals surface area (Å²) in [6.07, 6.45) is 3.38. The molecule has 0 spiro atoms. The van der Waals surface area contributed by atoms with Crippen molar-refractivity contribution in [1.82, 2.24) is 4.90 Å². The monoisotopic (exact) mass is 389 g/mol. The first-order valence-electron chi connectivity index (χ1n) is 8.87. The Labute approximate surface area is 164 Å². The van der Waals surface area contributed by atoms with E-state index in [1.165, 1.54) is 18.5 Å². The molecule has 1 aliphatic heterocycles. The average molecular weight is 390 g/mol. The molecule has 1 unspecified atom stereocenters. The fourth-order valence-corrected chi connectivity index (χ4v) is 3.18. The molecule has 144 valence electrons. The molecule has 1 amide bonds. The molecule has 0 bridgehead atoms. The number of amides is 1. The van der Waals surface area contributed by atoms with Crippen molar-refractivity contribution in [3.05, 3.63) is 29.8 Å². The van der Waals surface area contributed by atoms with Crippen LogP contribution < -0.4 is 10.6 Å². The van der Waals surface area contributed by atoms with E-state index in [1.807, 2.05) is 17.0 Å². The average Bonchev–Trinajstić information content (AvgIpc) is 2.98. The fourth-order valence-electron chi connectivity index (χ4n) is 3.18. The summed E-state index contributed by atoms with van der Waals surface area (Å²) in [5.41, 5.74) is 7.89. The van der Waals surface area contributed by atoms with E-state index in [1.54, 1.807) is 0 Å². The summed E-state index contributed by atoms with van der Waals surface area (Å²) in [7, 11) is 0. The van der Waals surface area contributed by atoms with Crippen molar-refractivity contribution in [1.29, 1.82) is 0 Å². The van der Waals surface area contributed by atoms with Gasteiger partial charge in [0.1, 0.15) is 0 Å². The molecule has 1 heterocycles. The molecule has 1 aromatic rings. The minimum Gasteiger partial charge on any atom is -0.372 e. The number of nitrogens with two attached hydrogens (primary N) is 1. The van der Waals surface area contributed by atoms with E-state index in [2.05, 4.69) is 37.8 Å². The molecule has 4 nitrogen and oxygen atoms in total. The summed E-state index contributed by atoms with van der Waals surface area (Å²) >= 11 is 0. The number of carbonyl (C=O) groups is 1. The molecular weight excluding hydrogens is 357 g/mol. The van der Waals surface area contributed by atoms with Gasteiger partial charge in [0.25, 0.3) is 5.91 Å². The topological polar surface area (TPSA) is 49.6 Å². The zero-order valence-electron chi connectivity index (χ0n) is 15.7. The summed E-state index contributed by atoms with van der Waals surface area (Å²) in [5, 5.41) is 0. The molecule has 6 heteroatoms. The lowest BCUT2D eigenvalue weighted by atomic mass is 9.90. The largest absolute Gasteiger partial charge is 0.372 e. The predicted octanol–water partition coefficient (Wildman–Crippen LogP) is 3.97. The second-order valence-corrected chi connectivity index (χ2v) is 6.97. The van der Waals surface area contributed by atoms with Crippen molar-refractivity contribution in [3.8, 4) is 0 Å². The number of rotatable bonds is 7. The molecule has 1 atom stereocenters. The van der Waals surface area contributed by atoms with E-state index in [-0.39, 0.29) is 36.1 Å². The Kier molecular flexibility index (Phi) is 10.5. The SMILES string of the molecule is CCCCN(CC)c1ccc(C(=O)N2CCC(C)(CN)C2)cc1.Cl.Cl. The number of anilines is 1. The van der Waals surface area contributed by atoms with Crippen LogP contribution in [0.3, 0.4) is 0 Å². The normalized spacial score (nSPS) is 19.1. The van der Waals surface area contributed by atoms with Gasteiger partial charge < -0.3 is 15.5 Å². The Morgan fingerprint density at radius 3 is 2.36 bits per heavy atom. The first kappa shape index (κ1) is 24.0. The third kappa shape index (κ3) is 6.05. The minimum absolute atomic E-state index is 0. The molecule has 0 aromatic heterocycles. The van der Waals surface area contributed by atoms with E-state index in [4.69, 9.17) is 5.73 Å². The quantitative estimate of drug-likeness (QED) is 0.767. The number of halogens is 2. The number of likely N-dealkylation sites (tertiary alicyclic amines) is 1. The van der Waals surface area contributed by atoms with Gasteiger partial charge in [-0.05, 0) is 56.0 Å². The Morgan fingerprint density at radius 2 is 1.88 bits per heavy atom. The van der Waals surface area contributed by atoms with Gasteiger partial charge in [-0.3, -0.25) is 4.79 Å². The zero-order valence-corrected chi connectivity index (χ0v) is 17.3. The number of unbranched alkanes of at least 4 members (excludes halogenated alkanes) is 1. The third-order valence-corrected chi connectivity index (χ3v) is 4.98. The van der Waals surface area contributed by atoms with E-state index >= 15 is 0 Å². The van der Waals surface area contributed by atoms with Crippen LogP contribution in [0.5, 0.6) is 0 Å². The van der Waals surface area contributed by atoms with Gasteiger partial charge >= 0.3 is 0 Å². The summed E-state index contributed by atoms with van der Waals surface area (Å²) in [5.74, 6) is 0.130. The maximum absolute atomic E-state index is 12.6. The van der Waals surface area contributed by atoms with Gasteiger partial charge in [-0.15, -0.1) is 24.8 Å². The Morgan fingerprint density at radius 1 is 1.24 bits per heavy atom. The van der Waals surface area contributed by atoms with Crippen molar-refractivity contribution < 1.29 is 4.79 Å². The summed E-state index contributed by atoms with van der Waals surface area (Å²) in [6, 6.07) is 8.07. The van der Waals surface area contributed by atoms with Gasteiger partial charge in [-0.1, -0.05) is 20.3 Å². The molecule has 25 heavy (non-hydrogen) atoms. The highest BCUT2D eigenvalue weighted by atomic mass is 35.5. The van der Waals surface area contributed by atoms with Crippen LogP contribution >= 0.6 is 24.8 Å². The zero-order chi connectivity index (χ0) is 16.9. The number of hydrogen-bond acceptors (Lipinski definition) is 3. The first-order valence-corrected chi connectivity index (χ1v) is 8.87. The standard InChI is InChI=1S/C19H31N3O.2ClH/c1-4-6-12-21(5-2)17-9-7-16(8-10-17)18(23)22-13-11-19(3,14-20)15-22;;/h7-10H,4-6,11-15,20H2,1-3H3;2*1H. The molecule has 1 aliphatic rings. The lowest BCUT2D eigenvalue weighted by Gasteiger charge is -2.24. The lowest BCUT2D eigenvalue weighted by Crippen LogP contribution is -2.34. The van der Waals surface area contributed by atoms with Gasteiger partial charge in [0.2, 0.25) is 0 Å². The van der Waals surface area contributed by atoms with E-state index in [9.17, 15) is 4.79 Å². The van der Waals surface area contributed by atoms with Crippen LogP contribution in [0.4, 0.5) is 5.69 Å². The van der Waals surface area contributed by atoms with Crippen LogP contribution in [-0.4, -0.2) is 43.5 Å². The van der Waals surface area contributed by atoms with Crippen LogP contribution in [0.2, 0.25) is 0 Å². The van der Waals surface area contributed by atoms with Crippen molar-refractivity contribution in [2.45, 2.75) is 40.0 Å². The highest BCUT2D eigenvalue weighted by Gasteiger charge is 2.35. The molecule has 0 aliphatic carbocycles. The van der Waals surface area contributed by atoms with Crippen molar-refractivity contribution in [2.75, 3.05) is 37.6 Å². The second-order valence-electron chi connectivity index (χ2n) is 6.97. The molecule has 0 saturated carbocycles. The van der Waals surface area contributed by atoms with Crippen LogP contribution in [0.25, 0.3) is 0 Å². The molecule has 0 radical (unpaired) electrons. The van der Waals surface area contributed by atoms with Crippen LogP contribution in [-0.2, 0) is 0 Å². The maximum Gasteiger partial charge on any atom is 0.253 e. The van der Waals surface area contributed by atoms with Crippen molar-refractivity contribution >= 4 is 36.4 Å². The minimum atomic E-state index is 0. The van der Waals surface area contributed by atoms with Crippen LogP contribution in [0.15, 0.2) is 24.3 Å². The number of hydrogen-bond donors (Lipinski definition) is 1. The highest BCUT2D eigenvalue weighted by molar-refractivity contribution is 5.94. The highest BCUT2D eigenvalue weighted by Crippen LogP contribution is 2.29. The number of carbonyl (C=O) groups excluding carboxylic acids is 1. The number of nitrogens with zero attached hydrogens (tertiary/aromatic N) is 2. The second kappa shape index (κ2) is 10.9. The first-order chi connectivity index (χ1) is 11.0. The van der Waals surface area contributed by atoms with Gasteiger partial charge in [-0.25, -0.2) is 0 Å². The van der Waals surface area contributed by atoms with Crippen LogP contribution in [0, 0.1) is 5.41 Å². The molecule has 1 aromatic carbocycles. The summed E-state index contributed by atoms with van der Waals surface area (Å²) < 4.78 is 0. The van der Waals surface area contributed by atoms with E-state index < -0.39 is 0 Å². The van der Waals surface area contributed by atoms with Crippen molar-refractivity contribution in [2.24, 2.45) is 11.1 Å². The molecular formula is C19H33Cl2N3O. The molecule has 2 rings (SSSR count). The lowest BCUT2D eigenvalue weighted by molar-refractivity contribution is 0.0777. The fraction of sp³-hybridized carbons (Fsp3) is 0.632. The summed E-state index contributed by atoms with van der Waals surface area (Å²) in [6.45, 7) is 10.8. The molecule has 1 saturated heterocycles. The predicted molar refractivity (Wildman–Crippen MR) is 111 cm³/mol. The van der Waals surface area contributed by atoms with E-state index in [0.717, 1.165) is 38.2 Å². The van der Waals surface area contributed by atoms with Crippen molar-refractivity contribution in [3.63, 3.8) is 0 Å². The van der Waals surface area contributed by atoms with Gasteiger partial charge in [0.05, 0.1) is 0 Å². The smallest absolute Gasteiger partial charge is 0.253 e. The molecule has 1 fully saturated rings. The van der Waals surface area contributed by atoms with Crippen LogP contribution in [0.1, 0.15) is 50.4 Å². The van der Waals surface area contributed by atoms with Gasteiger partial charge in [0.15, 0.2) is 0 Å². The van der Waals surface area contributed by atoms with E-state index in [0.29, 0.717) is 6.54 Å². The molecule has 2 N–H and O–H groups in total. The summed E-state index contributed by atoms with van der Waals surface area (Å²) in [4.78, 5) is 16.9. The Bertz CT molecular complexity index is 524.